The van der Waals surface area contributed by atoms with Crippen molar-refractivity contribution in [2.24, 2.45) is 7.05 Å². The van der Waals surface area contributed by atoms with Crippen molar-refractivity contribution in [1.82, 2.24) is 24.9 Å². The van der Waals surface area contributed by atoms with Crippen molar-refractivity contribution in [3.63, 3.8) is 0 Å². The van der Waals surface area contributed by atoms with E-state index in [1.165, 1.54) is 0 Å². The Balaban J connectivity index is 1.77. The Morgan fingerprint density at radius 3 is 2.70 bits per heavy atom. The predicted molar refractivity (Wildman–Crippen MR) is 86.0 cm³/mol. The van der Waals surface area contributed by atoms with E-state index in [0.29, 0.717) is 22.5 Å². The molecular formula is C16H16F3N5O3. The van der Waals surface area contributed by atoms with Gasteiger partial charge in [0.15, 0.2) is 6.10 Å². The summed E-state index contributed by atoms with van der Waals surface area (Å²) in [5.74, 6) is -0.122. The predicted octanol–water partition coefficient (Wildman–Crippen LogP) is 3.42. The van der Waals surface area contributed by atoms with Gasteiger partial charge in [0.25, 0.3) is 5.89 Å². The fraction of sp³-hybridized carbons (Fsp3) is 0.375. The van der Waals surface area contributed by atoms with Crippen molar-refractivity contribution in [2.45, 2.75) is 26.1 Å². The normalized spacial score (nSPS) is 12.8. The second kappa shape index (κ2) is 7.25. The van der Waals surface area contributed by atoms with Gasteiger partial charge < -0.3 is 14.0 Å². The average Bonchev–Trinajstić information content (AvgIpc) is 3.23. The minimum atomic E-state index is -4.63. The second-order valence-corrected chi connectivity index (χ2v) is 5.54. The Kier molecular flexibility index (Phi) is 5.02. The molecule has 8 nitrogen and oxygen atoms in total. The SMILES string of the molecule is CCOc1cccc(-c2nc([C@@H](C)Oc3nnc(C(F)(F)F)n3C)no2)c1. The van der Waals surface area contributed by atoms with Gasteiger partial charge in [-0.2, -0.15) is 18.2 Å². The molecule has 2 aromatic heterocycles. The van der Waals surface area contributed by atoms with Crippen LogP contribution in [0.4, 0.5) is 13.2 Å². The Labute approximate surface area is 151 Å². The van der Waals surface area contributed by atoms with Gasteiger partial charge in [-0.3, -0.25) is 4.57 Å². The fourth-order valence-electron chi connectivity index (χ4n) is 2.28. The lowest BCUT2D eigenvalue weighted by Gasteiger charge is -2.10. The van der Waals surface area contributed by atoms with Crippen LogP contribution in [0.15, 0.2) is 28.8 Å². The zero-order valence-corrected chi connectivity index (χ0v) is 14.7. The number of ether oxygens (including phenoxy) is 2. The molecular weight excluding hydrogens is 367 g/mol. The number of alkyl halides is 3. The lowest BCUT2D eigenvalue weighted by molar-refractivity contribution is -0.147. The maximum Gasteiger partial charge on any atom is 0.451 e. The number of nitrogens with zero attached hydrogens (tertiary/aromatic N) is 5. The molecule has 0 spiro atoms. The Morgan fingerprint density at radius 2 is 2.04 bits per heavy atom. The Hall–Kier alpha value is -3.11. The summed E-state index contributed by atoms with van der Waals surface area (Å²) >= 11 is 0. The third kappa shape index (κ3) is 4.01. The van der Waals surface area contributed by atoms with Crippen molar-refractivity contribution >= 4 is 0 Å². The van der Waals surface area contributed by atoms with Gasteiger partial charge in [-0.25, -0.2) is 0 Å². The molecule has 0 aliphatic heterocycles. The number of hydrogen-bond acceptors (Lipinski definition) is 7. The van der Waals surface area contributed by atoms with Gasteiger partial charge in [0.05, 0.1) is 6.61 Å². The van der Waals surface area contributed by atoms with Crippen LogP contribution in [0.1, 0.15) is 31.6 Å². The molecule has 2 heterocycles. The molecule has 11 heteroatoms. The van der Waals surface area contributed by atoms with Crippen molar-refractivity contribution in [1.29, 1.82) is 0 Å². The van der Waals surface area contributed by atoms with E-state index in [-0.39, 0.29) is 17.7 Å². The number of rotatable bonds is 6. The van der Waals surface area contributed by atoms with Crippen LogP contribution in [-0.4, -0.2) is 31.5 Å². The topological polar surface area (TPSA) is 88.1 Å². The van der Waals surface area contributed by atoms with Gasteiger partial charge in [0.1, 0.15) is 5.75 Å². The van der Waals surface area contributed by atoms with Crippen LogP contribution < -0.4 is 9.47 Å². The quantitative estimate of drug-likeness (QED) is 0.644. The first-order valence-corrected chi connectivity index (χ1v) is 7.99. The van der Waals surface area contributed by atoms with Crippen molar-refractivity contribution in [3.8, 4) is 23.2 Å². The smallest absolute Gasteiger partial charge is 0.451 e. The van der Waals surface area contributed by atoms with E-state index in [4.69, 9.17) is 14.0 Å². The van der Waals surface area contributed by atoms with E-state index >= 15 is 0 Å². The van der Waals surface area contributed by atoms with Crippen LogP contribution in [0.2, 0.25) is 0 Å². The Bertz CT molecular complexity index is 922. The highest BCUT2D eigenvalue weighted by Gasteiger charge is 2.38. The molecule has 0 amide bonds. The summed E-state index contributed by atoms with van der Waals surface area (Å²) in [5, 5.41) is 10.3. The Morgan fingerprint density at radius 1 is 1.26 bits per heavy atom. The molecule has 0 N–H and O–H groups in total. The largest absolute Gasteiger partial charge is 0.494 e. The van der Waals surface area contributed by atoms with Gasteiger partial charge in [-0.1, -0.05) is 16.3 Å². The van der Waals surface area contributed by atoms with E-state index in [9.17, 15) is 13.2 Å². The van der Waals surface area contributed by atoms with E-state index in [1.54, 1.807) is 31.2 Å². The molecule has 0 radical (unpaired) electrons. The third-order valence-electron chi connectivity index (χ3n) is 3.57. The highest BCUT2D eigenvalue weighted by Crippen LogP contribution is 2.30. The molecule has 3 aromatic rings. The summed E-state index contributed by atoms with van der Waals surface area (Å²) in [6.45, 7) is 3.95. The number of halogens is 3. The van der Waals surface area contributed by atoms with Crippen LogP contribution in [0.3, 0.4) is 0 Å². The van der Waals surface area contributed by atoms with Crippen LogP contribution in [0.5, 0.6) is 11.8 Å². The number of hydrogen-bond donors (Lipinski definition) is 0. The minimum absolute atomic E-state index is 0.156. The van der Waals surface area contributed by atoms with Gasteiger partial charge in [0.2, 0.25) is 11.6 Å². The van der Waals surface area contributed by atoms with Gasteiger partial charge in [0, 0.05) is 12.6 Å². The average molecular weight is 383 g/mol. The zero-order chi connectivity index (χ0) is 19.6. The van der Waals surface area contributed by atoms with E-state index in [0.717, 1.165) is 7.05 Å². The first-order valence-electron chi connectivity index (χ1n) is 7.99. The van der Waals surface area contributed by atoms with E-state index in [2.05, 4.69) is 20.3 Å². The molecule has 1 atom stereocenters. The summed E-state index contributed by atoms with van der Waals surface area (Å²) in [6.07, 6.45) is -5.43. The maximum absolute atomic E-state index is 12.8. The van der Waals surface area contributed by atoms with Gasteiger partial charge in [-0.05, 0) is 32.0 Å². The zero-order valence-electron chi connectivity index (χ0n) is 14.7. The molecule has 0 aliphatic rings. The van der Waals surface area contributed by atoms with Gasteiger partial charge >= 0.3 is 12.2 Å². The van der Waals surface area contributed by atoms with Crippen molar-refractivity contribution in [2.75, 3.05) is 6.61 Å². The maximum atomic E-state index is 12.8. The standard InChI is InChI=1S/C16H16F3N5O3/c1-4-25-11-7-5-6-10(8-11)13-20-12(23-27-13)9(2)26-15-22-21-14(24(15)3)16(17,18)19/h5-9H,4H2,1-3H3/t9-/m1/s1. The van der Waals surface area contributed by atoms with Crippen molar-refractivity contribution < 1.29 is 27.2 Å². The van der Waals surface area contributed by atoms with Crippen LogP contribution in [0.25, 0.3) is 11.5 Å². The van der Waals surface area contributed by atoms with Crippen molar-refractivity contribution in [3.05, 3.63) is 35.9 Å². The lowest BCUT2D eigenvalue weighted by atomic mass is 10.2. The van der Waals surface area contributed by atoms with Gasteiger partial charge in [-0.15, -0.1) is 5.10 Å². The summed E-state index contributed by atoms with van der Waals surface area (Å²) in [7, 11) is 1.16. The molecule has 27 heavy (non-hydrogen) atoms. The summed E-state index contributed by atoms with van der Waals surface area (Å²) in [4.78, 5) is 4.23. The summed E-state index contributed by atoms with van der Waals surface area (Å²) in [5.41, 5.74) is 0.643. The first-order chi connectivity index (χ1) is 12.8. The summed E-state index contributed by atoms with van der Waals surface area (Å²) in [6, 6.07) is 6.78. The summed E-state index contributed by atoms with van der Waals surface area (Å²) < 4.78 is 55.1. The molecule has 144 valence electrons. The van der Waals surface area contributed by atoms with E-state index < -0.39 is 18.1 Å². The van der Waals surface area contributed by atoms with E-state index in [1.807, 2.05) is 6.92 Å². The fourth-order valence-corrected chi connectivity index (χ4v) is 2.28. The number of benzene rings is 1. The van der Waals surface area contributed by atoms with Crippen LogP contribution in [-0.2, 0) is 13.2 Å². The highest BCUT2D eigenvalue weighted by atomic mass is 19.4. The highest BCUT2D eigenvalue weighted by molar-refractivity contribution is 5.55. The molecule has 0 aliphatic carbocycles. The first kappa shape index (κ1) is 18.7. The molecule has 3 rings (SSSR count). The molecule has 1 aromatic carbocycles. The third-order valence-corrected chi connectivity index (χ3v) is 3.57. The lowest BCUT2D eigenvalue weighted by Crippen LogP contribution is -2.14. The molecule has 0 saturated heterocycles. The number of aromatic nitrogens is 5. The van der Waals surface area contributed by atoms with Crippen LogP contribution >= 0.6 is 0 Å². The van der Waals surface area contributed by atoms with Crippen LogP contribution in [0, 0.1) is 0 Å². The molecule has 0 fully saturated rings. The molecule has 0 bridgehead atoms. The second-order valence-electron chi connectivity index (χ2n) is 5.54. The monoisotopic (exact) mass is 383 g/mol. The minimum Gasteiger partial charge on any atom is -0.494 e. The molecule has 0 unspecified atom stereocenters. The molecule has 0 saturated carbocycles.